The fraction of sp³-hybridized carbons (Fsp3) is 0.923. The fourth-order valence-electron chi connectivity index (χ4n) is 6.63. The lowest BCUT2D eigenvalue weighted by Crippen LogP contribution is -2.42. The summed E-state index contributed by atoms with van der Waals surface area (Å²) in [5, 5.41) is 1.98. The van der Waals surface area contributed by atoms with Gasteiger partial charge in [-0.2, -0.15) is 0 Å². The average molecular weight is 417 g/mol. The normalized spacial score (nSPS) is 25.9. The van der Waals surface area contributed by atoms with E-state index in [2.05, 4.69) is 25.7 Å². The van der Waals surface area contributed by atoms with Crippen LogP contribution in [-0.4, -0.2) is 27.5 Å². The molecule has 0 spiro atoms. The minimum absolute atomic E-state index is 0.571. The Hall–Kier alpha value is -0.0182. The maximum Gasteiger partial charge on any atom is 0.171 e. The van der Waals surface area contributed by atoms with Crippen LogP contribution in [0.5, 0.6) is 0 Å². The van der Waals surface area contributed by atoms with E-state index in [1.165, 1.54) is 109 Å². The molecule has 0 aromatic rings. The van der Waals surface area contributed by atoms with Gasteiger partial charge in [-0.1, -0.05) is 108 Å². The van der Waals surface area contributed by atoms with Crippen molar-refractivity contribution in [1.82, 2.24) is 0 Å². The minimum Gasteiger partial charge on any atom is -0.378 e. The Morgan fingerprint density at radius 3 is 1.90 bits per heavy atom. The van der Waals surface area contributed by atoms with E-state index in [-0.39, 0.29) is 0 Å². The van der Waals surface area contributed by atoms with Crippen molar-refractivity contribution in [2.75, 3.05) is 6.61 Å². The lowest BCUT2D eigenvalue weighted by molar-refractivity contribution is 0.00990. The predicted octanol–water partition coefficient (Wildman–Crippen LogP) is 8.62. The Kier molecular flexibility index (Phi) is 9.89. The Labute approximate surface area is 183 Å². The molecule has 0 bridgehead atoms. The number of rotatable bonds is 9. The highest BCUT2D eigenvalue weighted by molar-refractivity contribution is 6.99. The maximum atomic E-state index is 5.95. The summed E-state index contributed by atoms with van der Waals surface area (Å²) in [4.78, 5) is 0. The molecule has 1 nitrogen and oxygen atoms in total. The monoisotopic (exact) mass is 416 g/mol. The molecular weight excluding hydrogens is 367 g/mol. The zero-order valence-electron chi connectivity index (χ0n) is 20.0. The van der Waals surface area contributed by atoms with Gasteiger partial charge in [0.1, 0.15) is 0 Å². The zero-order chi connectivity index (χ0) is 20.5. The highest BCUT2D eigenvalue weighted by Crippen LogP contribution is 2.45. The quantitative estimate of drug-likeness (QED) is 0.270. The molecule has 2 aliphatic carbocycles. The second kappa shape index (κ2) is 12.1. The van der Waals surface area contributed by atoms with E-state index in [9.17, 15) is 0 Å². The van der Waals surface area contributed by atoms with Crippen molar-refractivity contribution < 1.29 is 4.74 Å². The van der Waals surface area contributed by atoms with Crippen LogP contribution in [0.25, 0.3) is 0 Å². The zero-order valence-corrected chi connectivity index (χ0v) is 21.0. The molecule has 3 heteroatoms. The van der Waals surface area contributed by atoms with Crippen LogP contribution in [0.1, 0.15) is 109 Å². The van der Waals surface area contributed by atoms with Crippen LogP contribution >= 0.6 is 0 Å². The van der Waals surface area contributed by atoms with Crippen LogP contribution in [0.3, 0.4) is 0 Å². The third-order valence-electron chi connectivity index (χ3n) is 8.16. The van der Waals surface area contributed by atoms with Gasteiger partial charge >= 0.3 is 0 Å². The molecule has 29 heavy (non-hydrogen) atoms. The van der Waals surface area contributed by atoms with Gasteiger partial charge in [0.25, 0.3) is 0 Å². The standard InChI is InChI=1S/C26H49BOSi/c1-29(2,3)26(21-12-6-11-19-25-20-13-14-22-28-25)27(23-15-7-4-8-16-23)24-17-9-5-10-18-24/h21,23-25H,4-20,22H2,1-3H3/b26-21-. The lowest BCUT2D eigenvalue weighted by Gasteiger charge is -2.41. The van der Waals surface area contributed by atoms with Crippen LogP contribution in [0, 0.1) is 0 Å². The maximum absolute atomic E-state index is 5.95. The van der Waals surface area contributed by atoms with E-state index < -0.39 is 8.07 Å². The summed E-state index contributed by atoms with van der Waals surface area (Å²) in [6.07, 6.45) is 27.7. The van der Waals surface area contributed by atoms with Crippen LogP contribution in [0.15, 0.2) is 11.2 Å². The molecule has 0 amide bonds. The van der Waals surface area contributed by atoms with Gasteiger partial charge in [-0.05, 0) is 38.5 Å². The summed E-state index contributed by atoms with van der Waals surface area (Å²) in [5.41, 5.74) is 0. The van der Waals surface area contributed by atoms with Crippen LogP contribution in [0.2, 0.25) is 31.3 Å². The van der Waals surface area contributed by atoms with Crippen molar-refractivity contribution in [2.45, 2.75) is 147 Å². The van der Waals surface area contributed by atoms with E-state index in [1.807, 2.05) is 5.10 Å². The first kappa shape index (κ1) is 23.6. The van der Waals surface area contributed by atoms with Crippen LogP contribution in [0.4, 0.5) is 0 Å². The molecule has 3 rings (SSSR count). The molecule has 3 aliphatic rings. The summed E-state index contributed by atoms with van der Waals surface area (Å²) in [6, 6.07) is 0. The number of allylic oxidation sites excluding steroid dienone is 1. The summed E-state index contributed by atoms with van der Waals surface area (Å²) < 4.78 is 5.95. The smallest absolute Gasteiger partial charge is 0.171 e. The van der Waals surface area contributed by atoms with Crippen molar-refractivity contribution in [3.63, 3.8) is 0 Å². The lowest BCUT2D eigenvalue weighted by atomic mass is 9.30. The molecule has 0 N–H and O–H groups in total. The van der Waals surface area contributed by atoms with Gasteiger partial charge in [-0.25, -0.2) is 0 Å². The van der Waals surface area contributed by atoms with E-state index in [0.29, 0.717) is 6.10 Å². The van der Waals surface area contributed by atoms with E-state index >= 15 is 0 Å². The first-order valence-electron chi connectivity index (χ1n) is 13.4. The second-order valence-corrected chi connectivity index (χ2v) is 16.6. The summed E-state index contributed by atoms with van der Waals surface area (Å²) >= 11 is 0. The Balaban J connectivity index is 1.63. The number of ether oxygens (including phenoxy) is 1. The van der Waals surface area contributed by atoms with Gasteiger partial charge in [-0.3, -0.25) is 0 Å². The molecule has 1 unspecified atom stereocenters. The molecule has 0 radical (unpaired) electrons. The van der Waals surface area contributed by atoms with Crippen molar-refractivity contribution in [3.8, 4) is 0 Å². The van der Waals surface area contributed by atoms with Crippen molar-refractivity contribution in [3.05, 3.63) is 11.2 Å². The molecule has 166 valence electrons. The molecule has 1 atom stereocenters. The SMILES string of the molecule is C[Si](C)(C)/C(=C\CCCCC1CCCCO1)B(C1CCCCC1)C1CCCCC1. The Morgan fingerprint density at radius 1 is 0.793 bits per heavy atom. The summed E-state index contributed by atoms with van der Waals surface area (Å²) in [7, 11) is -1.27. The molecule has 0 aromatic carbocycles. The number of hydrogen-bond acceptors (Lipinski definition) is 1. The Bertz CT molecular complexity index is 461. The molecule has 1 aliphatic heterocycles. The van der Waals surface area contributed by atoms with Crippen molar-refractivity contribution >= 4 is 14.8 Å². The summed E-state index contributed by atoms with van der Waals surface area (Å²) in [5.74, 6) is 2.00. The molecular formula is C26H49BOSi. The number of hydrogen-bond donors (Lipinski definition) is 0. The fourth-order valence-corrected chi connectivity index (χ4v) is 8.86. The van der Waals surface area contributed by atoms with Gasteiger partial charge in [-0.15, -0.1) is 5.10 Å². The molecule has 2 saturated carbocycles. The minimum atomic E-state index is -1.27. The van der Waals surface area contributed by atoms with E-state index in [0.717, 1.165) is 25.0 Å². The average Bonchev–Trinajstić information content (AvgIpc) is 2.74. The topological polar surface area (TPSA) is 9.23 Å². The molecule has 3 fully saturated rings. The van der Waals surface area contributed by atoms with Crippen molar-refractivity contribution in [1.29, 1.82) is 0 Å². The van der Waals surface area contributed by atoms with E-state index in [4.69, 9.17) is 4.74 Å². The Morgan fingerprint density at radius 2 is 1.38 bits per heavy atom. The molecule has 0 aromatic heterocycles. The predicted molar refractivity (Wildman–Crippen MR) is 133 cm³/mol. The first-order valence-corrected chi connectivity index (χ1v) is 16.9. The van der Waals surface area contributed by atoms with Gasteiger partial charge < -0.3 is 4.74 Å². The third-order valence-corrected chi connectivity index (χ3v) is 10.4. The first-order chi connectivity index (χ1) is 14.1. The highest BCUT2D eigenvalue weighted by atomic mass is 28.3. The van der Waals surface area contributed by atoms with Crippen LogP contribution < -0.4 is 0 Å². The van der Waals surface area contributed by atoms with Crippen LogP contribution in [-0.2, 0) is 4.74 Å². The van der Waals surface area contributed by atoms with Gasteiger partial charge in [0, 0.05) is 6.61 Å². The van der Waals surface area contributed by atoms with E-state index in [1.54, 1.807) is 0 Å². The molecule has 1 heterocycles. The third kappa shape index (κ3) is 7.56. The highest BCUT2D eigenvalue weighted by Gasteiger charge is 2.40. The second-order valence-electron chi connectivity index (χ2n) is 11.5. The van der Waals surface area contributed by atoms with Crippen molar-refractivity contribution in [2.24, 2.45) is 0 Å². The largest absolute Gasteiger partial charge is 0.378 e. The van der Waals surface area contributed by atoms with Gasteiger partial charge in [0.05, 0.1) is 14.2 Å². The molecule has 1 saturated heterocycles. The van der Waals surface area contributed by atoms with Gasteiger partial charge in [0.15, 0.2) is 6.71 Å². The summed E-state index contributed by atoms with van der Waals surface area (Å²) in [6.45, 7) is 9.84. The number of unbranched alkanes of at least 4 members (excludes halogenated alkanes) is 2. The van der Waals surface area contributed by atoms with Gasteiger partial charge in [0.2, 0.25) is 0 Å².